The summed E-state index contributed by atoms with van der Waals surface area (Å²) in [5.41, 5.74) is 3.26. The number of carbonyl (C=O) groups excluding carboxylic acids is 2. The number of benzene rings is 1. The van der Waals surface area contributed by atoms with Crippen LogP contribution in [-0.2, 0) is 16.0 Å². The van der Waals surface area contributed by atoms with E-state index in [1.54, 1.807) is 6.20 Å². The van der Waals surface area contributed by atoms with E-state index in [4.69, 9.17) is 0 Å². The number of hydrogen-bond acceptors (Lipinski definition) is 3. The monoisotopic (exact) mass is 391 g/mol. The first-order valence-corrected chi connectivity index (χ1v) is 10.8. The normalized spacial score (nSPS) is 19.9. The molecule has 0 bridgehead atoms. The highest BCUT2D eigenvalue weighted by molar-refractivity contribution is 5.90. The third-order valence-electron chi connectivity index (χ3n) is 6.19. The molecule has 2 amide bonds. The van der Waals surface area contributed by atoms with Crippen molar-refractivity contribution in [1.82, 2.24) is 14.8 Å². The van der Waals surface area contributed by atoms with Crippen molar-refractivity contribution in [2.45, 2.75) is 45.1 Å². The number of piperazine rings is 1. The van der Waals surface area contributed by atoms with Crippen molar-refractivity contribution in [1.29, 1.82) is 0 Å². The summed E-state index contributed by atoms with van der Waals surface area (Å²) in [7, 11) is 0. The molecule has 1 atom stereocenters. The first kappa shape index (κ1) is 19.6. The minimum atomic E-state index is -0.382. The molecule has 152 valence electrons. The van der Waals surface area contributed by atoms with Gasteiger partial charge in [-0.3, -0.25) is 14.6 Å². The molecule has 2 heterocycles. The van der Waals surface area contributed by atoms with Crippen molar-refractivity contribution in [2.75, 3.05) is 19.6 Å². The Morgan fingerprint density at radius 1 is 1.10 bits per heavy atom. The molecule has 1 aliphatic carbocycles. The maximum absolute atomic E-state index is 13.2. The summed E-state index contributed by atoms with van der Waals surface area (Å²) in [6.45, 7) is 4.16. The lowest BCUT2D eigenvalue weighted by molar-refractivity contribution is -0.155. The molecule has 0 N–H and O–H groups in total. The Bertz CT molecular complexity index is 846. The highest BCUT2D eigenvalue weighted by atomic mass is 16.2. The van der Waals surface area contributed by atoms with Gasteiger partial charge in [0.15, 0.2) is 0 Å². The molecule has 4 rings (SSSR count). The van der Waals surface area contributed by atoms with Crippen LogP contribution in [0.2, 0.25) is 0 Å². The zero-order valence-corrected chi connectivity index (χ0v) is 17.1. The Balaban J connectivity index is 1.53. The molecular weight excluding hydrogens is 362 g/mol. The summed E-state index contributed by atoms with van der Waals surface area (Å²) in [5.74, 6) is 0.399. The molecule has 2 fully saturated rings. The van der Waals surface area contributed by atoms with Gasteiger partial charge in [-0.2, -0.15) is 0 Å². The van der Waals surface area contributed by atoms with Gasteiger partial charge >= 0.3 is 0 Å². The van der Waals surface area contributed by atoms with Gasteiger partial charge in [0.2, 0.25) is 11.8 Å². The molecule has 1 saturated carbocycles. The Morgan fingerprint density at radius 2 is 1.90 bits per heavy atom. The molecule has 5 nitrogen and oxygen atoms in total. The van der Waals surface area contributed by atoms with Crippen LogP contribution in [0.4, 0.5) is 0 Å². The highest BCUT2D eigenvalue weighted by Gasteiger charge is 2.40. The number of rotatable bonds is 6. The third-order valence-corrected chi connectivity index (χ3v) is 6.19. The molecule has 1 aliphatic heterocycles. The van der Waals surface area contributed by atoms with Crippen molar-refractivity contribution in [3.05, 3.63) is 54.4 Å². The first-order valence-electron chi connectivity index (χ1n) is 10.8. The van der Waals surface area contributed by atoms with E-state index in [1.807, 2.05) is 28.1 Å². The average Bonchev–Trinajstić information content (AvgIpc) is 2.71. The molecule has 0 radical (unpaired) electrons. The molecule has 2 aromatic rings. The number of pyridine rings is 1. The summed E-state index contributed by atoms with van der Waals surface area (Å²) in [5, 5.41) is 0. The Labute approximate surface area is 172 Å². The molecular formula is C24H29N3O2. The van der Waals surface area contributed by atoms with Gasteiger partial charge in [0.25, 0.3) is 0 Å². The number of amides is 2. The largest absolute Gasteiger partial charge is 0.339 e. The van der Waals surface area contributed by atoms with Crippen molar-refractivity contribution in [3.63, 3.8) is 0 Å². The second kappa shape index (κ2) is 8.76. The summed E-state index contributed by atoms with van der Waals surface area (Å²) < 4.78 is 0. The van der Waals surface area contributed by atoms with Gasteiger partial charge in [0.05, 0.1) is 0 Å². The van der Waals surface area contributed by atoms with Gasteiger partial charge in [-0.1, -0.05) is 43.7 Å². The van der Waals surface area contributed by atoms with Crippen LogP contribution in [0.1, 0.15) is 38.2 Å². The van der Waals surface area contributed by atoms with Crippen LogP contribution in [0.3, 0.4) is 0 Å². The lowest BCUT2D eigenvalue weighted by Crippen LogP contribution is -2.60. The van der Waals surface area contributed by atoms with Gasteiger partial charge in [-0.05, 0) is 42.0 Å². The number of nitrogens with zero attached hydrogens (tertiary/aromatic N) is 3. The summed E-state index contributed by atoms with van der Waals surface area (Å²) in [6.07, 6.45) is 8.19. The molecule has 5 heteroatoms. The van der Waals surface area contributed by atoms with Crippen LogP contribution in [0, 0.1) is 5.92 Å². The number of hydrogen-bond donors (Lipinski definition) is 0. The predicted molar refractivity (Wildman–Crippen MR) is 113 cm³/mol. The van der Waals surface area contributed by atoms with Crippen LogP contribution >= 0.6 is 0 Å². The maximum atomic E-state index is 13.2. The smallest absolute Gasteiger partial charge is 0.245 e. The second-order valence-electron chi connectivity index (χ2n) is 8.14. The van der Waals surface area contributed by atoms with E-state index in [9.17, 15) is 9.59 Å². The van der Waals surface area contributed by atoms with E-state index < -0.39 is 0 Å². The number of aromatic nitrogens is 1. The Hall–Kier alpha value is -2.69. The molecule has 29 heavy (non-hydrogen) atoms. The minimum absolute atomic E-state index is 0.0992. The Morgan fingerprint density at radius 3 is 2.52 bits per heavy atom. The fourth-order valence-corrected chi connectivity index (χ4v) is 4.27. The van der Waals surface area contributed by atoms with Crippen molar-refractivity contribution >= 4 is 11.8 Å². The fraction of sp³-hybridized carbons (Fsp3) is 0.458. The minimum Gasteiger partial charge on any atom is -0.339 e. The molecule has 2 aliphatic rings. The molecule has 0 spiro atoms. The third kappa shape index (κ3) is 4.19. The lowest BCUT2D eigenvalue weighted by atomic mass is 9.83. The lowest BCUT2D eigenvalue weighted by Gasteiger charge is -2.43. The zero-order chi connectivity index (χ0) is 20.2. The average molecular weight is 392 g/mol. The zero-order valence-electron chi connectivity index (χ0n) is 17.1. The van der Waals surface area contributed by atoms with Crippen LogP contribution < -0.4 is 0 Å². The molecule has 1 aromatic carbocycles. The molecule has 1 saturated heterocycles. The summed E-state index contributed by atoms with van der Waals surface area (Å²) >= 11 is 0. The summed E-state index contributed by atoms with van der Waals surface area (Å²) in [6, 6.07) is 11.9. The van der Waals surface area contributed by atoms with Crippen LogP contribution in [-0.4, -0.2) is 52.3 Å². The van der Waals surface area contributed by atoms with Gasteiger partial charge in [0.1, 0.15) is 6.04 Å². The standard InChI is InChI=1S/C24H29N3O2/c1-2-13-26-14-15-27(23(28)20-5-3-6-20)22(24(26)29)16-18-8-10-19(11-9-18)21-7-4-12-25-17-21/h4,7-12,17,20,22H,2-3,5-6,13-16H2,1H3/t22-/m0/s1. The maximum Gasteiger partial charge on any atom is 0.245 e. The number of carbonyl (C=O) groups is 2. The predicted octanol–water partition coefficient (Wildman–Crippen LogP) is 3.54. The van der Waals surface area contributed by atoms with E-state index in [-0.39, 0.29) is 23.8 Å². The molecule has 0 unspecified atom stereocenters. The van der Waals surface area contributed by atoms with Gasteiger partial charge < -0.3 is 9.80 Å². The van der Waals surface area contributed by atoms with Crippen LogP contribution in [0.25, 0.3) is 11.1 Å². The van der Waals surface area contributed by atoms with Gasteiger partial charge in [-0.15, -0.1) is 0 Å². The van der Waals surface area contributed by atoms with E-state index in [1.165, 1.54) is 0 Å². The van der Waals surface area contributed by atoms with Crippen molar-refractivity contribution in [2.24, 2.45) is 5.92 Å². The first-order chi connectivity index (χ1) is 14.2. The van der Waals surface area contributed by atoms with Gasteiger partial charge in [-0.25, -0.2) is 0 Å². The van der Waals surface area contributed by atoms with E-state index >= 15 is 0 Å². The van der Waals surface area contributed by atoms with Crippen LogP contribution in [0.5, 0.6) is 0 Å². The van der Waals surface area contributed by atoms with Gasteiger partial charge in [0, 0.05) is 44.4 Å². The van der Waals surface area contributed by atoms with Crippen molar-refractivity contribution in [3.8, 4) is 11.1 Å². The van der Waals surface area contributed by atoms with Crippen molar-refractivity contribution < 1.29 is 9.59 Å². The quantitative estimate of drug-likeness (QED) is 0.757. The van der Waals surface area contributed by atoms with E-state index in [0.717, 1.165) is 48.9 Å². The van der Waals surface area contributed by atoms with Crippen LogP contribution in [0.15, 0.2) is 48.8 Å². The highest BCUT2D eigenvalue weighted by Crippen LogP contribution is 2.30. The second-order valence-corrected chi connectivity index (χ2v) is 8.14. The molecule has 1 aromatic heterocycles. The van der Waals surface area contributed by atoms with E-state index in [0.29, 0.717) is 19.5 Å². The fourth-order valence-electron chi connectivity index (χ4n) is 4.27. The Kier molecular flexibility index (Phi) is 5.93. The van der Waals surface area contributed by atoms with E-state index in [2.05, 4.69) is 36.2 Å². The topological polar surface area (TPSA) is 53.5 Å². The SMILES string of the molecule is CCCN1CCN(C(=O)C2CCC2)[C@@H](Cc2ccc(-c3cccnc3)cc2)C1=O. The summed E-state index contributed by atoms with van der Waals surface area (Å²) in [4.78, 5) is 34.1.